The predicted octanol–water partition coefficient (Wildman–Crippen LogP) is 7.54. The van der Waals surface area contributed by atoms with Gasteiger partial charge in [0.15, 0.2) is 5.78 Å². The number of hydrogen-bond donors (Lipinski definition) is 0. The molecule has 33 heavy (non-hydrogen) atoms. The number of rotatable bonds is 4. The molecule has 0 bridgehead atoms. The molecule has 2 aliphatic heterocycles. The molecular formula is C28H28N2OS2. The highest BCUT2D eigenvalue weighted by Gasteiger charge is 2.25. The van der Waals surface area contributed by atoms with Gasteiger partial charge in [-0.3, -0.25) is 4.79 Å². The van der Waals surface area contributed by atoms with Crippen LogP contribution >= 0.6 is 23.5 Å². The minimum atomic E-state index is 0.196. The van der Waals surface area contributed by atoms with Crippen LogP contribution in [0.15, 0.2) is 104 Å². The maximum atomic E-state index is 13.2. The van der Waals surface area contributed by atoms with Crippen LogP contribution in [0.2, 0.25) is 0 Å². The number of hydrogen-bond acceptors (Lipinski definition) is 5. The molecular weight excluding hydrogens is 444 g/mol. The first-order chi connectivity index (χ1) is 16.2. The Kier molecular flexibility index (Phi) is 6.52. The number of carbonyl (C=O) groups excluding carboxylic acids is 1. The number of allylic oxidation sites excluding steroid dienone is 6. The van der Waals surface area contributed by atoms with E-state index in [9.17, 15) is 4.79 Å². The van der Waals surface area contributed by atoms with Crippen LogP contribution < -0.4 is 9.80 Å². The van der Waals surface area contributed by atoms with Gasteiger partial charge in [0.25, 0.3) is 0 Å². The minimum absolute atomic E-state index is 0.196. The third-order valence-corrected chi connectivity index (χ3v) is 8.50. The van der Waals surface area contributed by atoms with Crippen molar-refractivity contribution in [2.24, 2.45) is 0 Å². The zero-order chi connectivity index (χ0) is 22.8. The Morgan fingerprint density at radius 1 is 0.727 bits per heavy atom. The summed E-state index contributed by atoms with van der Waals surface area (Å²) in [5.74, 6) is 0.196. The highest BCUT2D eigenvalue weighted by atomic mass is 32.2. The van der Waals surface area contributed by atoms with E-state index in [0.717, 1.165) is 43.5 Å². The molecule has 0 aromatic heterocycles. The van der Waals surface area contributed by atoms with Gasteiger partial charge >= 0.3 is 0 Å². The fourth-order valence-corrected chi connectivity index (χ4v) is 6.83. The van der Waals surface area contributed by atoms with Crippen LogP contribution in [0.3, 0.4) is 0 Å². The predicted molar refractivity (Wildman–Crippen MR) is 142 cm³/mol. The smallest absolute Gasteiger partial charge is 0.184 e. The van der Waals surface area contributed by atoms with Crippen LogP contribution in [-0.2, 0) is 4.79 Å². The SMILES string of the molecule is CCN1C(=CC=C2CCCC(=CC=C3Sc4ccccc4N3CC)C2=O)Sc2ccccc21. The zero-order valence-corrected chi connectivity index (χ0v) is 20.7. The van der Waals surface area contributed by atoms with Crippen molar-refractivity contribution in [3.63, 3.8) is 0 Å². The van der Waals surface area contributed by atoms with Gasteiger partial charge in [0, 0.05) is 22.9 Å². The zero-order valence-electron chi connectivity index (χ0n) is 19.1. The first kappa shape index (κ1) is 22.2. The molecule has 0 spiro atoms. The quantitative estimate of drug-likeness (QED) is 0.428. The first-order valence-corrected chi connectivity index (χ1v) is 13.3. The lowest BCUT2D eigenvalue weighted by molar-refractivity contribution is -0.113. The van der Waals surface area contributed by atoms with E-state index >= 15 is 0 Å². The molecule has 168 valence electrons. The highest BCUT2D eigenvalue weighted by molar-refractivity contribution is 8.04. The van der Waals surface area contributed by atoms with Gasteiger partial charge in [-0.2, -0.15) is 0 Å². The summed E-state index contributed by atoms with van der Waals surface area (Å²) < 4.78 is 0. The van der Waals surface area contributed by atoms with Gasteiger partial charge < -0.3 is 9.80 Å². The second kappa shape index (κ2) is 9.70. The van der Waals surface area contributed by atoms with E-state index in [2.05, 4.69) is 96.5 Å². The van der Waals surface area contributed by atoms with Gasteiger partial charge in [0.05, 0.1) is 21.4 Å². The molecule has 2 aromatic carbocycles. The Balaban J connectivity index is 1.36. The van der Waals surface area contributed by atoms with E-state index in [1.807, 2.05) is 0 Å². The lowest BCUT2D eigenvalue weighted by Crippen LogP contribution is -2.17. The Morgan fingerprint density at radius 3 is 1.64 bits per heavy atom. The molecule has 5 rings (SSSR count). The monoisotopic (exact) mass is 472 g/mol. The standard InChI is InChI=1S/C28H28N2OS2/c1-3-29-22-12-5-7-14-24(22)32-26(29)18-16-20-10-9-11-21(28(20)31)17-19-27-30(4-2)23-13-6-8-15-25(23)33-27/h5-8,12-19H,3-4,9-11H2,1-2H3. The number of nitrogens with zero attached hydrogens (tertiary/aromatic N) is 2. The van der Waals surface area contributed by atoms with Crippen molar-refractivity contribution in [2.75, 3.05) is 22.9 Å². The lowest BCUT2D eigenvalue weighted by Gasteiger charge is -2.19. The molecule has 5 heteroatoms. The fraction of sp³-hybridized carbons (Fsp3) is 0.250. The van der Waals surface area contributed by atoms with Crippen LogP contribution in [0.5, 0.6) is 0 Å². The van der Waals surface area contributed by atoms with Crippen molar-refractivity contribution >= 4 is 40.7 Å². The summed E-state index contributed by atoms with van der Waals surface area (Å²) in [7, 11) is 0. The summed E-state index contributed by atoms with van der Waals surface area (Å²) in [4.78, 5) is 20.4. The molecule has 2 aromatic rings. The lowest BCUT2D eigenvalue weighted by atomic mass is 9.88. The van der Waals surface area contributed by atoms with Crippen LogP contribution in [0.25, 0.3) is 0 Å². The molecule has 1 fully saturated rings. The van der Waals surface area contributed by atoms with Crippen molar-refractivity contribution in [1.82, 2.24) is 0 Å². The maximum Gasteiger partial charge on any atom is 0.184 e. The molecule has 0 amide bonds. The van der Waals surface area contributed by atoms with Crippen molar-refractivity contribution in [2.45, 2.75) is 42.9 Å². The third kappa shape index (κ3) is 4.32. The second-order valence-corrected chi connectivity index (χ2v) is 10.3. The van der Waals surface area contributed by atoms with Gasteiger partial charge in [0.2, 0.25) is 0 Å². The molecule has 1 aliphatic carbocycles. The summed E-state index contributed by atoms with van der Waals surface area (Å²) in [5, 5.41) is 2.38. The fourth-order valence-electron chi connectivity index (χ4n) is 4.57. The van der Waals surface area contributed by atoms with Gasteiger partial charge in [-0.15, -0.1) is 0 Å². The van der Waals surface area contributed by atoms with Crippen molar-refractivity contribution in [1.29, 1.82) is 0 Å². The third-order valence-electron chi connectivity index (χ3n) is 6.24. The topological polar surface area (TPSA) is 23.6 Å². The van der Waals surface area contributed by atoms with Crippen LogP contribution in [0, 0.1) is 0 Å². The van der Waals surface area contributed by atoms with E-state index in [4.69, 9.17) is 0 Å². The largest absolute Gasteiger partial charge is 0.335 e. The Bertz CT molecular complexity index is 1120. The van der Waals surface area contributed by atoms with Crippen LogP contribution in [-0.4, -0.2) is 18.9 Å². The van der Waals surface area contributed by atoms with E-state index in [1.54, 1.807) is 23.5 Å². The number of benzene rings is 2. The number of Topliss-reactive ketones (excluding diaryl/α,β-unsaturated/α-hetero) is 1. The molecule has 0 saturated heterocycles. The van der Waals surface area contributed by atoms with Crippen molar-refractivity contribution < 1.29 is 4.79 Å². The number of ketones is 1. The van der Waals surface area contributed by atoms with Crippen LogP contribution in [0.1, 0.15) is 33.1 Å². The maximum absolute atomic E-state index is 13.2. The molecule has 0 atom stereocenters. The minimum Gasteiger partial charge on any atom is -0.335 e. The molecule has 0 radical (unpaired) electrons. The number of para-hydroxylation sites is 2. The average Bonchev–Trinajstić information content (AvgIpc) is 3.39. The number of fused-ring (bicyclic) bond motifs is 2. The van der Waals surface area contributed by atoms with Crippen molar-refractivity contribution in [3.8, 4) is 0 Å². The highest BCUT2D eigenvalue weighted by Crippen LogP contribution is 2.46. The Labute approximate surface area is 204 Å². The van der Waals surface area contributed by atoms with Crippen LogP contribution in [0.4, 0.5) is 11.4 Å². The van der Waals surface area contributed by atoms with Gasteiger partial charge in [-0.05, 0) is 80.7 Å². The Hall–Kier alpha value is -2.63. The molecule has 3 nitrogen and oxygen atoms in total. The number of thioether (sulfide) groups is 2. The summed E-state index contributed by atoms with van der Waals surface area (Å²) in [6.45, 7) is 6.17. The van der Waals surface area contributed by atoms with Gasteiger partial charge in [-0.1, -0.05) is 59.9 Å². The normalized spacial score (nSPS) is 22.7. The second-order valence-electron chi connectivity index (χ2n) is 8.20. The Morgan fingerprint density at radius 2 is 1.18 bits per heavy atom. The number of anilines is 2. The summed E-state index contributed by atoms with van der Waals surface area (Å²) in [6, 6.07) is 17.0. The first-order valence-electron chi connectivity index (χ1n) is 11.6. The summed E-state index contributed by atoms with van der Waals surface area (Å²) in [6.07, 6.45) is 11.1. The van der Waals surface area contributed by atoms with Gasteiger partial charge in [-0.25, -0.2) is 0 Å². The molecule has 3 aliphatic rings. The van der Waals surface area contributed by atoms with E-state index in [1.165, 1.54) is 31.2 Å². The molecule has 2 heterocycles. The molecule has 0 unspecified atom stereocenters. The van der Waals surface area contributed by atoms with E-state index in [0.29, 0.717) is 0 Å². The molecule has 1 saturated carbocycles. The summed E-state index contributed by atoms with van der Waals surface area (Å²) in [5.41, 5.74) is 4.35. The summed E-state index contributed by atoms with van der Waals surface area (Å²) >= 11 is 3.56. The number of carbonyl (C=O) groups is 1. The molecule has 0 N–H and O–H groups in total. The van der Waals surface area contributed by atoms with E-state index < -0.39 is 0 Å². The van der Waals surface area contributed by atoms with E-state index in [-0.39, 0.29) is 5.78 Å². The van der Waals surface area contributed by atoms with Crippen molar-refractivity contribution in [3.05, 3.63) is 94.0 Å². The average molecular weight is 473 g/mol. The van der Waals surface area contributed by atoms with Gasteiger partial charge in [0.1, 0.15) is 0 Å².